The molecule has 1 fully saturated rings. The van der Waals surface area contributed by atoms with Crippen LogP contribution >= 0.6 is 0 Å². The van der Waals surface area contributed by atoms with E-state index in [9.17, 15) is 4.79 Å². The second kappa shape index (κ2) is 5.81. The molecule has 0 aromatic heterocycles. The van der Waals surface area contributed by atoms with Gasteiger partial charge >= 0.3 is 0 Å². The third kappa shape index (κ3) is 3.29. The molecular weight excluding hydrogens is 208 g/mol. The normalized spacial score (nSPS) is 18.1. The third-order valence-electron chi connectivity index (χ3n) is 3.55. The van der Waals surface area contributed by atoms with Gasteiger partial charge in [-0.15, -0.1) is 0 Å². The number of ketones is 1. The molecule has 1 nitrogen and oxygen atoms in total. The fourth-order valence-corrected chi connectivity index (χ4v) is 2.56. The van der Waals surface area contributed by atoms with Crippen molar-refractivity contribution in [3.63, 3.8) is 0 Å². The van der Waals surface area contributed by atoms with Crippen molar-refractivity contribution < 1.29 is 4.79 Å². The van der Waals surface area contributed by atoms with Gasteiger partial charge in [-0.1, -0.05) is 49.6 Å². The lowest BCUT2D eigenvalue weighted by Crippen LogP contribution is -2.18. The molecule has 1 aliphatic rings. The molecule has 17 heavy (non-hydrogen) atoms. The maximum absolute atomic E-state index is 12.2. The minimum Gasteiger partial charge on any atom is -0.294 e. The van der Waals surface area contributed by atoms with Gasteiger partial charge in [0.2, 0.25) is 0 Å². The van der Waals surface area contributed by atoms with Gasteiger partial charge in [-0.25, -0.2) is 0 Å². The summed E-state index contributed by atoms with van der Waals surface area (Å²) in [6.07, 6.45) is 7.91. The molecule has 0 radical (unpaired) electrons. The van der Waals surface area contributed by atoms with E-state index in [0.29, 0.717) is 5.78 Å². The van der Waals surface area contributed by atoms with E-state index in [1.165, 1.54) is 19.3 Å². The zero-order chi connectivity index (χ0) is 12.1. The highest BCUT2D eigenvalue weighted by molar-refractivity contribution is 6.00. The number of carbonyl (C=O) groups excluding carboxylic acids is 1. The molecule has 0 saturated heterocycles. The van der Waals surface area contributed by atoms with Crippen molar-refractivity contribution in [3.05, 3.63) is 41.5 Å². The van der Waals surface area contributed by atoms with E-state index in [0.717, 1.165) is 24.0 Å². The Labute approximate surface area is 104 Å². The van der Waals surface area contributed by atoms with Crippen molar-refractivity contribution in [2.45, 2.75) is 39.0 Å². The average molecular weight is 228 g/mol. The topological polar surface area (TPSA) is 17.1 Å². The first-order valence-electron chi connectivity index (χ1n) is 6.55. The average Bonchev–Trinajstić information content (AvgIpc) is 2.40. The monoisotopic (exact) mass is 228 g/mol. The van der Waals surface area contributed by atoms with Crippen molar-refractivity contribution in [2.75, 3.05) is 0 Å². The number of hydrogen-bond donors (Lipinski definition) is 0. The minimum absolute atomic E-state index is 0.281. The Bertz CT molecular complexity index is 397. The van der Waals surface area contributed by atoms with Crippen molar-refractivity contribution in [1.29, 1.82) is 0 Å². The summed E-state index contributed by atoms with van der Waals surface area (Å²) in [4.78, 5) is 12.2. The fourth-order valence-electron chi connectivity index (χ4n) is 2.56. The van der Waals surface area contributed by atoms with Crippen LogP contribution in [0, 0.1) is 5.92 Å². The molecule has 0 aliphatic heterocycles. The first-order chi connectivity index (χ1) is 8.27. The van der Waals surface area contributed by atoms with Crippen LogP contribution in [0.25, 0.3) is 6.08 Å². The second-order valence-electron chi connectivity index (χ2n) is 4.94. The molecule has 2 rings (SSSR count). The molecule has 1 heteroatoms. The van der Waals surface area contributed by atoms with Crippen LogP contribution in [0.1, 0.15) is 44.6 Å². The van der Waals surface area contributed by atoms with E-state index in [2.05, 4.69) is 0 Å². The Hall–Kier alpha value is -1.37. The van der Waals surface area contributed by atoms with E-state index in [1.54, 1.807) is 0 Å². The zero-order valence-electron chi connectivity index (χ0n) is 10.5. The molecule has 1 aromatic carbocycles. The summed E-state index contributed by atoms with van der Waals surface area (Å²) >= 11 is 0. The summed E-state index contributed by atoms with van der Waals surface area (Å²) in [6, 6.07) is 10.1. The van der Waals surface area contributed by atoms with Crippen LogP contribution in [-0.2, 0) is 4.79 Å². The summed E-state index contributed by atoms with van der Waals surface area (Å²) in [6.45, 7) is 1.95. The Morgan fingerprint density at radius 3 is 2.41 bits per heavy atom. The standard InChI is InChI=1S/C16H20O/c1-13(12-14-8-4-2-5-9-14)16(17)15-10-6-3-7-11-15/h2,4-5,8-9,12,15H,3,6-7,10-11H2,1H3/b13-12+. The number of carbonyl (C=O) groups is 1. The van der Waals surface area contributed by atoms with Crippen molar-refractivity contribution in [1.82, 2.24) is 0 Å². The Morgan fingerprint density at radius 2 is 1.76 bits per heavy atom. The Balaban J connectivity index is 2.06. The van der Waals surface area contributed by atoms with Gasteiger partial charge in [-0.3, -0.25) is 4.79 Å². The zero-order valence-corrected chi connectivity index (χ0v) is 10.5. The summed E-state index contributed by atoms with van der Waals surface area (Å²) < 4.78 is 0. The highest BCUT2D eigenvalue weighted by Crippen LogP contribution is 2.26. The lowest BCUT2D eigenvalue weighted by molar-refractivity contribution is -0.119. The van der Waals surface area contributed by atoms with Gasteiger partial charge in [0.15, 0.2) is 5.78 Å². The SMILES string of the molecule is C/C(=C\c1ccccc1)C(=O)C1CCCCC1. The molecule has 90 valence electrons. The van der Waals surface area contributed by atoms with Crippen molar-refractivity contribution >= 4 is 11.9 Å². The number of Topliss-reactive ketones (excluding diaryl/α,β-unsaturated/α-hetero) is 1. The number of allylic oxidation sites excluding steroid dienone is 1. The smallest absolute Gasteiger partial charge is 0.161 e. The van der Waals surface area contributed by atoms with Crippen LogP contribution in [-0.4, -0.2) is 5.78 Å². The van der Waals surface area contributed by atoms with Gasteiger partial charge in [0.25, 0.3) is 0 Å². The Kier molecular flexibility index (Phi) is 4.13. The van der Waals surface area contributed by atoms with Gasteiger partial charge in [0.05, 0.1) is 0 Å². The van der Waals surface area contributed by atoms with Gasteiger partial charge in [0.1, 0.15) is 0 Å². The number of rotatable bonds is 3. The highest BCUT2D eigenvalue weighted by atomic mass is 16.1. The van der Waals surface area contributed by atoms with Crippen LogP contribution in [0.5, 0.6) is 0 Å². The van der Waals surface area contributed by atoms with Crippen molar-refractivity contribution in [2.24, 2.45) is 5.92 Å². The van der Waals surface area contributed by atoms with E-state index in [4.69, 9.17) is 0 Å². The summed E-state index contributed by atoms with van der Waals surface area (Å²) in [5.74, 6) is 0.636. The summed E-state index contributed by atoms with van der Waals surface area (Å²) in [7, 11) is 0. The molecule has 1 aliphatic carbocycles. The van der Waals surface area contributed by atoms with Gasteiger partial charge in [0, 0.05) is 5.92 Å². The first-order valence-corrected chi connectivity index (χ1v) is 6.55. The predicted octanol–water partition coefficient (Wildman–Crippen LogP) is 4.24. The molecular formula is C16H20O. The molecule has 0 amide bonds. The van der Waals surface area contributed by atoms with Gasteiger partial charge in [-0.05, 0) is 37.0 Å². The van der Waals surface area contributed by atoms with Gasteiger partial charge in [-0.2, -0.15) is 0 Å². The molecule has 0 atom stereocenters. The molecule has 1 aromatic rings. The molecule has 0 heterocycles. The first kappa shape index (κ1) is 12.1. The van der Waals surface area contributed by atoms with Gasteiger partial charge < -0.3 is 0 Å². The predicted molar refractivity (Wildman–Crippen MR) is 71.7 cm³/mol. The number of benzene rings is 1. The molecule has 0 bridgehead atoms. The van der Waals surface area contributed by atoms with Crippen LogP contribution in [0.15, 0.2) is 35.9 Å². The Morgan fingerprint density at radius 1 is 1.12 bits per heavy atom. The third-order valence-corrected chi connectivity index (χ3v) is 3.55. The molecule has 0 unspecified atom stereocenters. The van der Waals surface area contributed by atoms with E-state index < -0.39 is 0 Å². The quantitative estimate of drug-likeness (QED) is 0.707. The summed E-state index contributed by atoms with van der Waals surface area (Å²) in [5, 5.41) is 0. The second-order valence-corrected chi connectivity index (χ2v) is 4.94. The highest BCUT2D eigenvalue weighted by Gasteiger charge is 2.21. The fraction of sp³-hybridized carbons (Fsp3) is 0.438. The largest absolute Gasteiger partial charge is 0.294 e. The number of hydrogen-bond acceptors (Lipinski definition) is 1. The van der Waals surface area contributed by atoms with Crippen LogP contribution in [0.3, 0.4) is 0 Å². The molecule has 1 saturated carbocycles. The lowest BCUT2D eigenvalue weighted by atomic mass is 9.84. The maximum atomic E-state index is 12.2. The minimum atomic E-state index is 0.281. The lowest BCUT2D eigenvalue weighted by Gasteiger charge is -2.20. The van der Waals surface area contributed by atoms with E-state index >= 15 is 0 Å². The van der Waals surface area contributed by atoms with E-state index in [-0.39, 0.29) is 5.92 Å². The van der Waals surface area contributed by atoms with Crippen LogP contribution in [0.4, 0.5) is 0 Å². The maximum Gasteiger partial charge on any atom is 0.161 e. The molecule has 0 spiro atoms. The summed E-state index contributed by atoms with van der Waals surface area (Å²) in [5.41, 5.74) is 2.03. The van der Waals surface area contributed by atoms with Crippen LogP contribution < -0.4 is 0 Å². The van der Waals surface area contributed by atoms with E-state index in [1.807, 2.05) is 43.3 Å². The van der Waals surface area contributed by atoms with Crippen LogP contribution in [0.2, 0.25) is 0 Å². The molecule has 0 N–H and O–H groups in total. The van der Waals surface area contributed by atoms with Crippen molar-refractivity contribution in [3.8, 4) is 0 Å².